The monoisotopic (exact) mass is 302 g/mol. The van der Waals surface area contributed by atoms with Gasteiger partial charge in [0.15, 0.2) is 0 Å². The van der Waals surface area contributed by atoms with Crippen LogP contribution >= 0.6 is 0 Å². The highest BCUT2D eigenvalue weighted by Gasteiger charge is 2.17. The largest absolute Gasteiger partial charge is 0.396 e. The second kappa shape index (κ2) is 14.8. The smallest absolute Gasteiger partial charge is 0.0849 e. The van der Waals surface area contributed by atoms with Crippen LogP contribution in [0.4, 0.5) is 0 Å². The highest BCUT2D eigenvalue weighted by molar-refractivity contribution is 4.70. The first kappa shape index (κ1) is 20.9. The van der Waals surface area contributed by atoms with Crippen molar-refractivity contribution in [2.45, 2.75) is 102 Å². The second-order valence-electron chi connectivity index (χ2n) is 6.72. The number of aliphatic hydroxyl groups is 3. The Balaban J connectivity index is 3.06. The van der Waals surface area contributed by atoms with Gasteiger partial charge in [-0.1, -0.05) is 77.0 Å². The molecule has 0 saturated heterocycles. The lowest BCUT2D eigenvalue weighted by Gasteiger charge is -2.19. The van der Waals surface area contributed by atoms with Crippen molar-refractivity contribution in [3.05, 3.63) is 0 Å². The Kier molecular flexibility index (Phi) is 14.7. The molecule has 0 aliphatic carbocycles. The van der Waals surface area contributed by atoms with Crippen LogP contribution in [0.2, 0.25) is 0 Å². The van der Waals surface area contributed by atoms with Crippen molar-refractivity contribution in [3.8, 4) is 0 Å². The Bertz CT molecular complexity index is 205. The molecular weight excluding hydrogens is 264 g/mol. The van der Waals surface area contributed by atoms with Crippen LogP contribution in [0, 0.1) is 0 Å². The van der Waals surface area contributed by atoms with Crippen LogP contribution < -0.4 is 0 Å². The third-order valence-corrected chi connectivity index (χ3v) is 4.21. The lowest BCUT2D eigenvalue weighted by Crippen LogP contribution is -2.28. The highest BCUT2D eigenvalue weighted by atomic mass is 16.3. The van der Waals surface area contributed by atoms with E-state index in [1.54, 1.807) is 6.92 Å². The van der Waals surface area contributed by atoms with Gasteiger partial charge in [-0.15, -0.1) is 0 Å². The minimum atomic E-state index is -0.878. The minimum absolute atomic E-state index is 0.132. The van der Waals surface area contributed by atoms with Gasteiger partial charge < -0.3 is 15.3 Å². The van der Waals surface area contributed by atoms with Gasteiger partial charge in [0, 0.05) is 6.61 Å². The predicted octanol–water partition coefficient (Wildman–Crippen LogP) is 4.18. The number of aliphatic hydroxyl groups excluding tert-OH is 2. The Morgan fingerprint density at radius 2 is 0.905 bits per heavy atom. The molecule has 0 heterocycles. The molecular formula is C18H38O3. The van der Waals surface area contributed by atoms with Crippen LogP contribution in [0.5, 0.6) is 0 Å². The number of hydrogen-bond acceptors (Lipinski definition) is 3. The summed E-state index contributed by atoms with van der Waals surface area (Å²) in [5, 5.41) is 27.3. The zero-order valence-electron chi connectivity index (χ0n) is 14.2. The maximum Gasteiger partial charge on any atom is 0.0849 e. The maximum absolute atomic E-state index is 9.65. The molecule has 0 fully saturated rings. The minimum Gasteiger partial charge on any atom is -0.396 e. The molecule has 0 amide bonds. The van der Waals surface area contributed by atoms with E-state index < -0.39 is 5.60 Å². The Labute approximate surface area is 131 Å². The summed E-state index contributed by atoms with van der Waals surface area (Å²) in [7, 11) is 0. The summed E-state index contributed by atoms with van der Waals surface area (Å²) in [6.45, 7) is 1.92. The molecule has 0 spiro atoms. The second-order valence-corrected chi connectivity index (χ2v) is 6.72. The number of rotatable bonds is 16. The average Bonchev–Trinajstić information content (AvgIpc) is 2.47. The van der Waals surface area contributed by atoms with E-state index in [0.717, 1.165) is 12.8 Å². The third-order valence-electron chi connectivity index (χ3n) is 4.21. The molecule has 0 radical (unpaired) electrons. The summed E-state index contributed by atoms with van der Waals surface area (Å²) in [6.07, 6.45) is 16.9. The molecule has 3 nitrogen and oxygen atoms in total. The normalized spacial score (nSPS) is 14.3. The van der Waals surface area contributed by atoms with Crippen molar-refractivity contribution < 1.29 is 15.3 Å². The molecule has 1 atom stereocenters. The molecule has 0 bridgehead atoms. The van der Waals surface area contributed by atoms with Gasteiger partial charge in [-0.3, -0.25) is 0 Å². The van der Waals surface area contributed by atoms with Crippen molar-refractivity contribution in [1.29, 1.82) is 0 Å². The van der Waals surface area contributed by atoms with Gasteiger partial charge in [-0.25, -0.2) is 0 Å². The molecule has 0 aromatic rings. The van der Waals surface area contributed by atoms with Gasteiger partial charge in [0.25, 0.3) is 0 Å². The lowest BCUT2D eigenvalue weighted by molar-refractivity contribution is -0.00695. The van der Waals surface area contributed by atoms with E-state index in [1.807, 2.05) is 0 Å². The summed E-state index contributed by atoms with van der Waals surface area (Å²) in [6, 6.07) is 0. The van der Waals surface area contributed by atoms with Crippen molar-refractivity contribution in [2.24, 2.45) is 0 Å². The molecule has 0 aromatic heterocycles. The van der Waals surface area contributed by atoms with E-state index in [1.165, 1.54) is 70.6 Å². The maximum atomic E-state index is 9.65. The van der Waals surface area contributed by atoms with Gasteiger partial charge in [0.1, 0.15) is 0 Å². The van der Waals surface area contributed by atoms with E-state index in [2.05, 4.69) is 0 Å². The predicted molar refractivity (Wildman–Crippen MR) is 89.4 cm³/mol. The Morgan fingerprint density at radius 3 is 1.24 bits per heavy atom. The fraction of sp³-hybridized carbons (Fsp3) is 1.00. The van der Waals surface area contributed by atoms with Crippen molar-refractivity contribution in [3.63, 3.8) is 0 Å². The van der Waals surface area contributed by atoms with E-state index in [4.69, 9.17) is 10.2 Å². The molecule has 0 aliphatic heterocycles. The van der Waals surface area contributed by atoms with Gasteiger partial charge in [-0.05, 0) is 19.8 Å². The molecule has 3 N–H and O–H groups in total. The quantitative estimate of drug-likeness (QED) is 0.375. The SMILES string of the molecule is CC(O)(CO)CCCCCCCCCCCCCCCO. The summed E-state index contributed by atoms with van der Waals surface area (Å²) >= 11 is 0. The first-order valence-electron chi connectivity index (χ1n) is 9.06. The van der Waals surface area contributed by atoms with Crippen molar-refractivity contribution >= 4 is 0 Å². The Hall–Kier alpha value is -0.120. The van der Waals surface area contributed by atoms with Crippen LogP contribution in [-0.4, -0.2) is 34.1 Å². The van der Waals surface area contributed by atoms with Crippen LogP contribution in [0.3, 0.4) is 0 Å². The fourth-order valence-electron chi connectivity index (χ4n) is 2.64. The first-order chi connectivity index (χ1) is 10.1. The molecule has 0 saturated carbocycles. The van der Waals surface area contributed by atoms with Crippen LogP contribution in [0.25, 0.3) is 0 Å². The molecule has 0 aliphatic rings. The number of hydrogen-bond donors (Lipinski definition) is 3. The topological polar surface area (TPSA) is 60.7 Å². The van der Waals surface area contributed by atoms with Gasteiger partial charge in [0.2, 0.25) is 0 Å². The van der Waals surface area contributed by atoms with E-state index in [9.17, 15) is 5.11 Å². The molecule has 3 heteroatoms. The van der Waals surface area contributed by atoms with Crippen LogP contribution in [0.15, 0.2) is 0 Å². The van der Waals surface area contributed by atoms with E-state index in [0.29, 0.717) is 13.0 Å². The average molecular weight is 302 g/mol. The van der Waals surface area contributed by atoms with Gasteiger partial charge in [0.05, 0.1) is 12.2 Å². The van der Waals surface area contributed by atoms with Crippen LogP contribution in [0.1, 0.15) is 96.8 Å². The van der Waals surface area contributed by atoms with Crippen molar-refractivity contribution in [1.82, 2.24) is 0 Å². The summed E-state index contributed by atoms with van der Waals surface area (Å²) in [5.74, 6) is 0. The summed E-state index contributed by atoms with van der Waals surface area (Å²) in [5.41, 5.74) is -0.878. The van der Waals surface area contributed by atoms with Gasteiger partial charge >= 0.3 is 0 Å². The van der Waals surface area contributed by atoms with Crippen LogP contribution in [-0.2, 0) is 0 Å². The molecule has 21 heavy (non-hydrogen) atoms. The van der Waals surface area contributed by atoms with E-state index in [-0.39, 0.29) is 6.61 Å². The standard InChI is InChI=1S/C18H38O3/c1-18(21,17-20)15-13-11-9-7-5-3-2-4-6-8-10-12-14-16-19/h19-21H,2-17H2,1H3. The molecule has 0 aromatic carbocycles. The zero-order chi connectivity index (χ0) is 15.8. The highest BCUT2D eigenvalue weighted by Crippen LogP contribution is 2.16. The third kappa shape index (κ3) is 16.1. The summed E-state index contributed by atoms with van der Waals surface area (Å²) in [4.78, 5) is 0. The Morgan fingerprint density at radius 1 is 0.571 bits per heavy atom. The van der Waals surface area contributed by atoms with Crippen molar-refractivity contribution in [2.75, 3.05) is 13.2 Å². The van der Waals surface area contributed by atoms with E-state index >= 15 is 0 Å². The molecule has 1 unspecified atom stereocenters. The molecule has 0 rings (SSSR count). The summed E-state index contributed by atoms with van der Waals surface area (Å²) < 4.78 is 0. The fourth-order valence-corrected chi connectivity index (χ4v) is 2.64. The lowest BCUT2D eigenvalue weighted by atomic mass is 9.98. The molecule has 128 valence electrons. The number of unbranched alkanes of at least 4 members (excludes halogenated alkanes) is 12. The zero-order valence-corrected chi connectivity index (χ0v) is 14.2. The first-order valence-corrected chi connectivity index (χ1v) is 9.06. The van der Waals surface area contributed by atoms with Gasteiger partial charge in [-0.2, -0.15) is 0 Å².